The first-order valence-corrected chi connectivity index (χ1v) is 8.02. The summed E-state index contributed by atoms with van der Waals surface area (Å²) >= 11 is 6.66. The fourth-order valence-electron chi connectivity index (χ4n) is 2.10. The SMILES string of the molecule is CC(N[C@H](C)c1ccc(Br)cc1)c1ccc(F)c(Br)c1. The Morgan fingerprint density at radius 1 is 0.900 bits per heavy atom. The lowest BCUT2D eigenvalue weighted by atomic mass is 10.0. The molecule has 4 heteroatoms. The van der Waals surface area contributed by atoms with Crippen molar-refractivity contribution in [3.05, 3.63) is 68.4 Å². The van der Waals surface area contributed by atoms with Gasteiger partial charge in [0.05, 0.1) is 4.47 Å². The summed E-state index contributed by atoms with van der Waals surface area (Å²) in [6.07, 6.45) is 0. The smallest absolute Gasteiger partial charge is 0.137 e. The van der Waals surface area contributed by atoms with E-state index in [2.05, 4.69) is 63.2 Å². The third-order valence-corrected chi connectivity index (χ3v) is 4.45. The van der Waals surface area contributed by atoms with E-state index in [4.69, 9.17) is 0 Å². The van der Waals surface area contributed by atoms with Gasteiger partial charge in [-0.3, -0.25) is 0 Å². The van der Waals surface area contributed by atoms with Crippen LogP contribution in [-0.2, 0) is 0 Å². The summed E-state index contributed by atoms with van der Waals surface area (Å²) in [4.78, 5) is 0. The number of hydrogen-bond acceptors (Lipinski definition) is 1. The lowest BCUT2D eigenvalue weighted by molar-refractivity contribution is 0.493. The van der Waals surface area contributed by atoms with Crippen LogP contribution in [-0.4, -0.2) is 0 Å². The Kier molecular flexibility index (Phi) is 5.35. The minimum atomic E-state index is -0.234. The maximum atomic E-state index is 13.3. The molecule has 0 aliphatic heterocycles. The van der Waals surface area contributed by atoms with Gasteiger partial charge in [-0.1, -0.05) is 34.1 Å². The molecule has 1 N–H and O–H groups in total. The van der Waals surface area contributed by atoms with Crippen molar-refractivity contribution in [2.75, 3.05) is 0 Å². The fourth-order valence-corrected chi connectivity index (χ4v) is 2.76. The Labute approximate surface area is 135 Å². The van der Waals surface area contributed by atoms with Gasteiger partial charge in [0.1, 0.15) is 5.82 Å². The van der Waals surface area contributed by atoms with Gasteiger partial charge in [-0.2, -0.15) is 0 Å². The van der Waals surface area contributed by atoms with Crippen molar-refractivity contribution < 1.29 is 4.39 Å². The number of rotatable bonds is 4. The Hall–Kier alpha value is -0.710. The molecule has 2 atom stereocenters. The maximum Gasteiger partial charge on any atom is 0.137 e. The minimum absolute atomic E-state index is 0.144. The second-order valence-electron chi connectivity index (χ2n) is 4.84. The molecule has 0 fully saturated rings. The van der Waals surface area contributed by atoms with Crippen molar-refractivity contribution in [1.82, 2.24) is 5.32 Å². The van der Waals surface area contributed by atoms with Crippen LogP contribution in [0.3, 0.4) is 0 Å². The van der Waals surface area contributed by atoms with Crippen LogP contribution in [0, 0.1) is 5.82 Å². The van der Waals surface area contributed by atoms with Crippen LogP contribution in [0.25, 0.3) is 0 Å². The Morgan fingerprint density at radius 3 is 2.05 bits per heavy atom. The Morgan fingerprint density at radius 2 is 1.45 bits per heavy atom. The maximum absolute atomic E-state index is 13.3. The summed E-state index contributed by atoms with van der Waals surface area (Å²) in [5.74, 6) is -0.234. The molecule has 1 unspecified atom stereocenters. The van der Waals surface area contributed by atoms with Gasteiger partial charge in [0.15, 0.2) is 0 Å². The van der Waals surface area contributed by atoms with Crippen molar-refractivity contribution in [3.8, 4) is 0 Å². The molecule has 0 aliphatic rings. The van der Waals surface area contributed by atoms with E-state index in [9.17, 15) is 4.39 Å². The lowest BCUT2D eigenvalue weighted by Gasteiger charge is -2.21. The first-order chi connectivity index (χ1) is 9.47. The van der Waals surface area contributed by atoms with Crippen molar-refractivity contribution in [3.63, 3.8) is 0 Å². The minimum Gasteiger partial charge on any atom is -0.304 e. The highest BCUT2D eigenvalue weighted by atomic mass is 79.9. The molecule has 0 heterocycles. The van der Waals surface area contributed by atoms with Crippen LogP contribution in [0.1, 0.15) is 37.1 Å². The predicted molar refractivity (Wildman–Crippen MR) is 88.2 cm³/mol. The van der Waals surface area contributed by atoms with E-state index in [1.807, 2.05) is 24.3 Å². The number of benzene rings is 2. The molecule has 106 valence electrons. The van der Waals surface area contributed by atoms with E-state index < -0.39 is 0 Å². The van der Waals surface area contributed by atoms with Crippen molar-refractivity contribution in [1.29, 1.82) is 0 Å². The molecule has 20 heavy (non-hydrogen) atoms. The van der Waals surface area contributed by atoms with Gasteiger partial charge in [-0.25, -0.2) is 4.39 Å². The quantitative estimate of drug-likeness (QED) is 0.687. The van der Waals surface area contributed by atoms with E-state index in [1.165, 1.54) is 11.6 Å². The van der Waals surface area contributed by atoms with Gasteiger partial charge in [0.25, 0.3) is 0 Å². The van der Waals surface area contributed by atoms with Crippen molar-refractivity contribution >= 4 is 31.9 Å². The van der Waals surface area contributed by atoms with Crippen LogP contribution in [0.4, 0.5) is 4.39 Å². The van der Waals surface area contributed by atoms with Crippen LogP contribution in [0.2, 0.25) is 0 Å². The van der Waals surface area contributed by atoms with Gasteiger partial charge in [0, 0.05) is 16.6 Å². The van der Waals surface area contributed by atoms with Gasteiger partial charge in [-0.15, -0.1) is 0 Å². The molecule has 2 aromatic rings. The Balaban J connectivity index is 2.08. The van der Waals surface area contributed by atoms with E-state index in [0.717, 1.165) is 10.0 Å². The number of nitrogens with one attached hydrogen (secondary N) is 1. The van der Waals surface area contributed by atoms with E-state index in [0.29, 0.717) is 4.47 Å². The summed E-state index contributed by atoms with van der Waals surface area (Å²) in [6, 6.07) is 13.7. The van der Waals surface area contributed by atoms with Gasteiger partial charge in [0.2, 0.25) is 0 Å². The average Bonchev–Trinajstić information content (AvgIpc) is 2.42. The summed E-state index contributed by atoms with van der Waals surface area (Å²) in [5.41, 5.74) is 2.28. The topological polar surface area (TPSA) is 12.0 Å². The van der Waals surface area contributed by atoms with Gasteiger partial charge in [-0.05, 0) is 65.2 Å². The van der Waals surface area contributed by atoms with E-state index in [-0.39, 0.29) is 17.9 Å². The van der Waals surface area contributed by atoms with Crippen LogP contribution in [0.15, 0.2) is 51.4 Å². The zero-order chi connectivity index (χ0) is 14.7. The van der Waals surface area contributed by atoms with Crippen molar-refractivity contribution in [2.24, 2.45) is 0 Å². The molecular weight excluding hydrogens is 385 g/mol. The highest BCUT2D eigenvalue weighted by Crippen LogP contribution is 2.24. The summed E-state index contributed by atoms with van der Waals surface area (Å²) in [6.45, 7) is 4.20. The molecule has 2 rings (SSSR count). The molecular formula is C16H16Br2FN. The molecule has 0 aliphatic carbocycles. The van der Waals surface area contributed by atoms with Crippen LogP contribution in [0.5, 0.6) is 0 Å². The van der Waals surface area contributed by atoms with Gasteiger partial charge < -0.3 is 5.32 Å². The summed E-state index contributed by atoms with van der Waals surface area (Å²) < 4.78 is 14.8. The average molecular weight is 401 g/mol. The third kappa shape index (κ3) is 3.90. The molecule has 2 aromatic carbocycles. The number of hydrogen-bond donors (Lipinski definition) is 1. The second-order valence-corrected chi connectivity index (χ2v) is 6.61. The molecule has 0 radical (unpaired) electrons. The molecule has 0 bridgehead atoms. The monoisotopic (exact) mass is 399 g/mol. The number of halogens is 3. The predicted octanol–water partition coefficient (Wildman–Crippen LogP) is 5.76. The zero-order valence-corrected chi connectivity index (χ0v) is 14.5. The Bertz CT molecular complexity index is 584. The first kappa shape index (κ1) is 15.7. The largest absolute Gasteiger partial charge is 0.304 e. The third-order valence-electron chi connectivity index (χ3n) is 3.31. The normalized spacial score (nSPS) is 14.1. The van der Waals surface area contributed by atoms with Crippen molar-refractivity contribution in [2.45, 2.75) is 25.9 Å². The van der Waals surface area contributed by atoms with Crippen LogP contribution < -0.4 is 5.32 Å². The molecule has 0 aromatic heterocycles. The summed E-state index contributed by atoms with van der Waals surface area (Å²) in [5, 5.41) is 3.52. The van der Waals surface area contributed by atoms with E-state index in [1.54, 1.807) is 0 Å². The van der Waals surface area contributed by atoms with Gasteiger partial charge >= 0.3 is 0 Å². The summed E-state index contributed by atoms with van der Waals surface area (Å²) in [7, 11) is 0. The second kappa shape index (κ2) is 6.83. The molecule has 0 spiro atoms. The standard InChI is InChI=1S/C16H16Br2FN/c1-10(12-3-6-14(17)7-4-12)20-11(2)13-5-8-16(19)15(18)9-13/h3-11,20H,1-2H3/t10-,11?/m1/s1. The molecule has 0 amide bonds. The molecule has 1 nitrogen and oxygen atoms in total. The molecule has 0 saturated heterocycles. The van der Waals surface area contributed by atoms with Crippen LogP contribution >= 0.6 is 31.9 Å². The lowest BCUT2D eigenvalue weighted by Crippen LogP contribution is -2.22. The first-order valence-electron chi connectivity index (χ1n) is 6.44. The van der Waals surface area contributed by atoms with E-state index >= 15 is 0 Å². The zero-order valence-electron chi connectivity index (χ0n) is 11.3. The fraction of sp³-hybridized carbons (Fsp3) is 0.250. The highest BCUT2D eigenvalue weighted by molar-refractivity contribution is 9.10. The highest BCUT2D eigenvalue weighted by Gasteiger charge is 2.12. The molecule has 0 saturated carbocycles.